The summed E-state index contributed by atoms with van der Waals surface area (Å²) in [4.78, 5) is 0. The van der Waals surface area contributed by atoms with E-state index in [9.17, 15) is 5.11 Å². The van der Waals surface area contributed by atoms with Crippen molar-refractivity contribution in [1.29, 1.82) is 0 Å². The van der Waals surface area contributed by atoms with Crippen LogP contribution in [0.25, 0.3) is 0 Å². The molecule has 0 aromatic heterocycles. The second-order valence-electron chi connectivity index (χ2n) is 4.67. The molecule has 0 amide bonds. The van der Waals surface area contributed by atoms with E-state index in [2.05, 4.69) is 6.92 Å². The molecule has 2 saturated carbocycles. The highest BCUT2D eigenvalue weighted by Gasteiger charge is 2.42. The lowest BCUT2D eigenvalue weighted by Gasteiger charge is -2.38. The van der Waals surface area contributed by atoms with Gasteiger partial charge in [-0.2, -0.15) is 0 Å². The van der Waals surface area contributed by atoms with Gasteiger partial charge in [0.2, 0.25) is 0 Å². The molecule has 0 heterocycles. The molecule has 0 aliphatic heterocycles. The van der Waals surface area contributed by atoms with Gasteiger partial charge < -0.3 is 5.11 Å². The molecule has 2 aliphatic carbocycles. The topological polar surface area (TPSA) is 20.2 Å². The molecule has 2 fully saturated rings. The fourth-order valence-corrected chi connectivity index (χ4v) is 2.98. The van der Waals surface area contributed by atoms with Crippen LogP contribution in [-0.4, -0.2) is 11.2 Å². The average molecular weight is 154 g/mol. The molecule has 1 N–H and O–H groups in total. The van der Waals surface area contributed by atoms with Crippen molar-refractivity contribution < 1.29 is 5.11 Å². The predicted molar refractivity (Wildman–Crippen MR) is 45.3 cm³/mol. The minimum atomic E-state index is 0.0196. The van der Waals surface area contributed by atoms with Gasteiger partial charge in [-0.3, -0.25) is 0 Å². The maximum Gasteiger partial charge on any atom is 0.0543 e. The number of hydrogen-bond acceptors (Lipinski definition) is 1. The van der Waals surface area contributed by atoms with E-state index in [4.69, 9.17) is 0 Å². The Morgan fingerprint density at radius 2 is 2.09 bits per heavy atom. The number of hydrogen-bond donors (Lipinski definition) is 1. The minimum absolute atomic E-state index is 0.0196. The van der Waals surface area contributed by atoms with Crippen LogP contribution in [0.5, 0.6) is 0 Å². The van der Waals surface area contributed by atoms with Crippen LogP contribution in [0.4, 0.5) is 0 Å². The highest BCUT2D eigenvalue weighted by molar-refractivity contribution is 4.93. The molecule has 0 unspecified atom stereocenters. The lowest BCUT2D eigenvalue weighted by atomic mass is 9.69. The number of aliphatic hydroxyl groups is 1. The Labute approximate surface area is 68.8 Å². The van der Waals surface area contributed by atoms with E-state index in [0.717, 1.165) is 18.8 Å². The number of rotatable bonds is 0. The molecule has 0 spiro atoms. The summed E-state index contributed by atoms with van der Waals surface area (Å²) >= 11 is 0. The Hall–Kier alpha value is -0.0400. The van der Waals surface area contributed by atoms with Crippen LogP contribution in [0.3, 0.4) is 0 Å². The van der Waals surface area contributed by atoms with Crippen LogP contribution in [0.2, 0.25) is 0 Å². The van der Waals surface area contributed by atoms with E-state index in [1.54, 1.807) is 0 Å². The molecular formula is C10H18O. The van der Waals surface area contributed by atoms with Crippen molar-refractivity contribution in [2.45, 2.75) is 51.6 Å². The van der Waals surface area contributed by atoms with Gasteiger partial charge in [0.1, 0.15) is 0 Å². The summed E-state index contributed by atoms with van der Waals surface area (Å²) < 4.78 is 0. The first-order valence-electron chi connectivity index (χ1n) is 4.89. The molecular weight excluding hydrogens is 136 g/mol. The summed E-state index contributed by atoms with van der Waals surface area (Å²) in [5, 5.41) is 9.47. The van der Waals surface area contributed by atoms with E-state index in [1.165, 1.54) is 25.7 Å². The Balaban J connectivity index is 2.08. The van der Waals surface area contributed by atoms with Gasteiger partial charge in [0.15, 0.2) is 0 Å². The largest absolute Gasteiger partial charge is 0.393 e. The summed E-state index contributed by atoms with van der Waals surface area (Å²) in [6, 6.07) is 0. The van der Waals surface area contributed by atoms with Crippen molar-refractivity contribution in [2.75, 3.05) is 0 Å². The highest BCUT2D eigenvalue weighted by atomic mass is 16.3. The van der Waals surface area contributed by atoms with Gasteiger partial charge in [-0.25, -0.2) is 0 Å². The molecule has 0 aromatic carbocycles. The number of aliphatic hydroxyl groups excluding tert-OH is 1. The standard InChI is InChI=1S/C10H18O/c1-10-5-2-3-8(10)7-9(11)4-6-10/h8-9,11H,2-7H2,1H3/t8-,9+,10-/m1/s1. The third-order valence-corrected chi connectivity index (χ3v) is 3.89. The van der Waals surface area contributed by atoms with Crippen molar-refractivity contribution in [3.8, 4) is 0 Å². The van der Waals surface area contributed by atoms with Crippen LogP contribution in [0, 0.1) is 11.3 Å². The first kappa shape index (κ1) is 7.60. The zero-order valence-corrected chi connectivity index (χ0v) is 7.34. The van der Waals surface area contributed by atoms with E-state index < -0.39 is 0 Å². The summed E-state index contributed by atoms with van der Waals surface area (Å²) in [5.74, 6) is 0.839. The molecule has 1 nitrogen and oxygen atoms in total. The van der Waals surface area contributed by atoms with E-state index >= 15 is 0 Å². The molecule has 3 atom stereocenters. The molecule has 11 heavy (non-hydrogen) atoms. The van der Waals surface area contributed by atoms with Crippen LogP contribution in [0.1, 0.15) is 45.4 Å². The van der Waals surface area contributed by atoms with Gasteiger partial charge in [0.05, 0.1) is 6.10 Å². The molecule has 2 aliphatic rings. The summed E-state index contributed by atoms with van der Waals surface area (Å²) in [5.41, 5.74) is 0.610. The van der Waals surface area contributed by atoms with Gasteiger partial charge >= 0.3 is 0 Å². The Morgan fingerprint density at radius 3 is 2.91 bits per heavy atom. The summed E-state index contributed by atoms with van der Waals surface area (Å²) in [7, 11) is 0. The monoisotopic (exact) mass is 154 g/mol. The predicted octanol–water partition coefficient (Wildman–Crippen LogP) is 2.34. The fourth-order valence-electron chi connectivity index (χ4n) is 2.98. The quantitative estimate of drug-likeness (QED) is 0.568. The third-order valence-electron chi connectivity index (χ3n) is 3.89. The van der Waals surface area contributed by atoms with Crippen LogP contribution in [0.15, 0.2) is 0 Å². The van der Waals surface area contributed by atoms with Gasteiger partial charge in [-0.1, -0.05) is 13.3 Å². The van der Waals surface area contributed by atoms with Crippen molar-refractivity contribution in [3.63, 3.8) is 0 Å². The maximum absolute atomic E-state index is 9.47. The van der Waals surface area contributed by atoms with Crippen molar-refractivity contribution in [2.24, 2.45) is 11.3 Å². The zero-order valence-electron chi connectivity index (χ0n) is 7.34. The Morgan fingerprint density at radius 1 is 1.27 bits per heavy atom. The van der Waals surface area contributed by atoms with Crippen molar-refractivity contribution in [1.82, 2.24) is 0 Å². The zero-order chi connectivity index (χ0) is 7.90. The van der Waals surface area contributed by atoms with E-state index in [-0.39, 0.29) is 6.10 Å². The Bertz CT molecular complexity index is 155. The molecule has 64 valence electrons. The second-order valence-corrected chi connectivity index (χ2v) is 4.67. The van der Waals surface area contributed by atoms with E-state index in [1.807, 2.05) is 0 Å². The first-order valence-corrected chi connectivity index (χ1v) is 4.89. The average Bonchev–Trinajstić information content (AvgIpc) is 2.31. The van der Waals surface area contributed by atoms with Gasteiger partial charge in [0.25, 0.3) is 0 Å². The Kier molecular flexibility index (Phi) is 1.71. The molecule has 0 saturated heterocycles. The second kappa shape index (κ2) is 2.48. The molecule has 2 rings (SSSR count). The molecule has 1 heteroatoms. The van der Waals surface area contributed by atoms with Gasteiger partial charge in [0, 0.05) is 0 Å². The number of fused-ring (bicyclic) bond motifs is 1. The SMILES string of the molecule is C[C@]12CCC[C@@H]1C[C@@H](O)CC2. The fraction of sp³-hybridized carbons (Fsp3) is 1.00. The third kappa shape index (κ3) is 1.20. The summed E-state index contributed by atoms with van der Waals surface area (Å²) in [6.45, 7) is 2.41. The van der Waals surface area contributed by atoms with Crippen LogP contribution in [-0.2, 0) is 0 Å². The molecule has 0 aromatic rings. The van der Waals surface area contributed by atoms with Crippen molar-refractivity contribution >= 4 is 0 Å². The van der Waals surface area contributed by atoms with Crippen molar-refractivity contribution in [3.05, 3.63) is 0 Å². The minimum Gasteiger partial charge on any atom is -0.393 e. The normalized spacial score (nSPS) is 50.7. The van der Waals surface area contributed by atoms with Crippen LogP contribution < -0.4 is 0 Å². The summed E-state index contributed by atoms with van der Waals surface area (Å²) in [6.07, 6.45) is 7.58. The smallest absolute Gasteiger partial charge is 0.0543 e. The maximum atomic E-state index is 9.47. The molecule has 0 bridgehead atoms. The lowest BCUT2D eigenvalue weighted by Crippen LogP contribution is -2.32. The molecule has 0 radical (unpaired) electrons. The first-order chi connectivity index (χ1) is 5.21. The van der Waals surface area contributed by atoms with Gasteiger partial charge in [-0.05, 0) is 43.4 Å². The lowest BCUT2D eigenvalue weighted by molar-refractivity contribution is 0.0365. The van der Waals surface area contributed by atoms with E-state index in [0.29, 0.717) is 5.41 Å². The van der Waals surface area contributed by atoms with Crippen LogP contribution >= 0.6 is 0 Å². The highest BCUT2D eigenvalue weighted by Crippen LogP contribution is 2.51. The van der Waals surface area contributed by atoms with Gasteiger partial charge in [-0.15, -0.1) is 0 Å².